The van der Waals surface area contributed by atoms with E-state index in [2.05, 4.69) is 48.7 Å². The van der Waals surface area contributed by atoms with Crippen LogP contribution >= 0.6 is 0 Å². The summed E-state index contributed by atoms with van der Waals surface area (Å²) >= 11 is 0. The van der Waals surface area contributed by atoms with Gasteiger partial charge in [0.1, 0.15) is 0 Å². The Balaban J connectivity index is 1.80. The molecule has 0 aromatic heterocycles. The third-order valence-electron chi connectivity index (χ3n) is 5.03. The summed E-state index contributed by atoms with van der Waals surface area (Å²) in [5.41, 5.74) is 3.27. The van der Waals surface area contributed by atoms with Crippen molar-refractivity contribution in [2.24, 2.45) is 5.41 Å². The van der Waals surface area contributed by atoms with Gasteiger partial charge in [-0.15, -0.1) is 0 Å². The Morgan fingerprint density at radius 3 is 2.83 bits per heavy atom. The van der Waals surface area contributed by atoms with Crippen molar-refractivity contribution in [2.75, 3.05) is 6.54 Å². The molecule has 1 aromatic carbocycles. The van der Waals surface area contributed by atoms with E-state index in [1.807, 2.05) is 0 Å². The van der Waals surface area contributed by atoms with Crippen molar-refractivity contribution < 1.29 is 0 Å². The van der Waals surface area contributed by atoms with Crippen molar-refractivity contribution >= 4 is 0 Å². The minimum absolute atomic E-state index is 0.382. The molecule has 2 fully saturated rings. The first-order valence-electron chi connectivity index (χ1n) is 7.16. The van der Waals surface area contributed by atoms with Crippen LogP contribution in [0.25, 0.3) is 0 Å². The maximum atomic E-state index is 4.36. The van der Waals surface area contributed by atoms with Crippen LogP contribution in [0.1, 0.15) is 38.2 Å². The number of fused-ring (bicyclic) bond motifs is 1. The number of hydrogen-bond donors (Lipinski definition) is 0. The topological polar surface area (TPSA) is 3.24 Å². The van der Waals surface area contributed by atoms with Crippen LogP contribution in [0.5, 0.6) is 0 Å². The molecule has 2 atom stereocenters. The van der Waals surface area contributed by atoms with Crippen molar-refractivity contribution in [3.05, 3.63) is 48.0 Å². The average molecular weight is 241 g/mol. The number of likely N-dealkylation sites (tertiary alicyclic amines) is 1. The molecule has 3 rings (SSSR count). The lowest BCUT2D eigenvalue weighted by molar-refractivity contribution is 0.121. The third-order valence-corrected chi connectivity index (χ3v) is 5.03. The Kier molecular flexibility index (Phi) is 3.03. The predicted molar refractivity (Wildman–Crippen MR) is 76.4 cm³/mol. The number of nitrogens with zero attached hydrogens (tertiary/aromatic N) is 1. The quantitative estimate of drug-likeness (QED) is 0.707. The highest BCUT2D eigenvalue weighted by Gasteiger charge is 2.47. The van der Waals surface area contributed by atoms with Crippen molar-refractivity contribution in [3.63, 3.8) is 0 Å². The SMILES string of the molecule is C=C1CN(Cc2ccccc2)[C@@H]2CCCC[C@]12C. The van der Waals surface area contributed by atoms with E-state index in [0.29, 0.717) is 5.41 Å². The van der Waals surface area contributed by atoms with Crippen LogP contribution in [-0.4, -0.2) is 17.5 Å². The summed E-state index contributed by atoms with van der Waals surface area (Å²) in [6.07, 6.45) is 5.45. The maximum Gasteiger partial charge on any atom is 0.0240 e. The van der Waals surface area contributed by atoms with Gasteiger partial charge in [0.15, 0.2) is 0 Å². The molecule has 1 aromatic rings. The van der Waals surface area contributed by atoms with Gasteiger partial charge in [-0.25, -0.2) is 0 Å². The van der Waals surface area contributed by atoms with Gasteiger partial charge in [0, 0.05) is 24.5 Å². The van der Waals surface area contributed by atoms with E-state index in [-0.39, 0.29) is 0 Å². The summed E-state index contributed by atoms with van der Waals surface area (Å²) in [6, 6.07) is 11.6. The number of benzene rings is 1. The van der Waals surface area contributed by atoms with E-state index in [4.69, 9.17) is 0 Å². The Morgan fingerprint density at radius 1 is 1.28 bits per heavy atom. The minimum atomic E-state index is 0.382. The number of rotatable bonds is 2. The van der Waals surface area contributed by atoms with E-state index in [9.17, 15) is 0 Å². The lowest BCUT2D eigenvalue weighted by atomic mass is 9.70. The van der Waals surface area contributed by atoms with Crippen molar-refractivity contribution in [2.45, 2.75) is 45.2 Å². The average Bonchev–Trinajstić information content (AvgIpc) is 2.63. The highest BCUT2D eigenvalue weighted by Crippen LogP contribution is 2.49. The predicted octanol–water partition coefficient (Wildman–Crippen LogP) is 4.01. The second-order valence-electron chi connectivity index (χ2n) is 6.17. The smallest absolute Gasteiger partial charge is 0.0240 e. The van der Waals surface area contributed by atoms with Gasteiger partial charge >= 0.3 is 0 Å². The standard InChI is InChI=1S/C17H23N/c1-14-12-18(13-15-8-4-3-5-9-15)16-10-6-7-11-17(14,16)2/h3-5,8-9,16H,1,6-7,10-13H2,2H3/t16-,17-/m1/s1. The molecule has 96 valence electrons. The van der Waals surface area contributed by atoms with Crippen molar-refractivity contribution in [1.82, 2.24) is 4.90 Å². The highest BCUT2D eigenvalue weighted by atomic mass is 15.2. The lowest BCUT2D eigenvalue weighted by Gasteiger charge is -2.39. The molecule has 0 amide bonds. The Labute approximate surface area is 111 Å². The lowest BCUT2D eigenvalue weighted by Crippen LogP contribution is -2.40. The van der Waals surface area contributed by atoms with E-state index >= 15 is 0 Å². The molecule has 0 bridgehead atoms. The summed E-state index contributed by atoms with van der Waals surface area (Å²) in [4.78, 5) is 2.65. The molecular formula is C17H23N. The Bertz CT molecular complexity index is 436. The molecular weight excluding hydrogens is 218 g/mol. The minimum Gasteiger partial charge on any atom is -0.291 e. The van der Waals surface area contributed by atoms with Gasteiger partial charge in [0.05, 0.1) is 0 Å². The first kappa shape index (κ1) is 12.0. The molecule has 1 nitrogen and oxygen atoms in total. The molecule has 1 aliphatic heterocycles. The second kappa shape index (κ2) is 4.55. The molecule has 0 spiro atoms. The Morgan fingerprint density at radius 2 is 2.06 bits per heavy atom. The largest absolute Gasteiger partial charge is 0.291 e. The Hall–Kier alpha value is -1.08. The molecule has 1 saturated heterocycles. The van der Waals surface area contributed by atoms with Crippen LogP contribution in [-0.2, 0) is 6.54 Å². The molecule has 1 heteroatoms. The zero-order chi connectivity index (χ0) is 12.6. The maximum absolute atomic E-state index is 4.36. The summed E-state index contributed by atoms with van der Waals surface area (Å²) in [6.45, 7) is 8.97. The van der Waals surface area contributed by atoms with Gasteiger partial charge in [-0.05, 0) is 18.4 Å². The second-order valence-corrected chi connectivity index (χ2v) is 6.17. The molecule has 1 aliphatic carbocycles. The van der Waals surface area contributed by atoms with Crippen LogP contribution in [0.2, 0.25) is 0 Å². The molecule has 2 aliphatic rings. The van der Waals surface area contributed by atoms with Crippen LogP contribution in [0.15, 0.2) is 42.5 Å². The summed E-state index contributed by atoms with van der Waals surface area (Å²) in [7, 11) is 0. The van der Waals surface area contributed by atoms with Gasteiger partial charge in [-0.1, -0.05) is 62.2 Å². The normalized spacial score (nSPS) is 32.5. The van der Waals surface area contributed by atoms with Crippen LogP contribution in [0.3, 0.4) is 0 Å². The summed E-state index contributed by atoms with van der Waals surface area (Å²) in [5, 5.41) is 0. The van der Waals surface area contributed by atoms with E-state index in [0.717, 1.165) is 19.1 Å². The van der Waals surface area contributed by atoms with E-state index < -0.39 is 0 Å². The third kappa shape index (κ3) is 1.91. The molecule has 1 heterocycles. The van der Waals surface area contributed by atoms with Crippen molar-refractivity contribution in [1.29, 1.82) is 0 Å². The molecule has 1 saturated carbocycles. The molecule has 0 unspecified atom stereocenters. The van der Waals surface area contributed by atoms with Gasteiger partial charge < -0.3 is 0 Å². The number of hydrogen-bond acceptors (Lipinski definition) is 1. The fourth-order valence-electron chi connectivity index (χ4n) is 3.83. The van der Waals surface area contributed by atoms with E-state index in [1.54, 1.807) is 0 Å². The van der Waals surface area contributed by atoms with Crippen LogP contribution in [0, 0.1) is 5.41 Å². The van der Waals surface area contributed by atoms with Crippen LogP contribution < -0.4 is 0 Å². The van der Waals surface area contributed by atoms with Gasteiger partial charge in [0.25, 0.3) is 0 Å². The van der Waals surface area contributed by atoms with Gasteiger partial charge in [0.2, 0.25) is 0 Å². The monoisotopic (exact) mass is 241 g/mol. The zero-order valence-corrected chi connectivity index (χ0v) is 11.4. The first-order valence-corrected chi connectivity index (χ1v) is 7.16. The van der Waals surface area contributed by atoms with Crippen LogP contribution in [0.4, 0.5) is 0 Å². The molecule has 0 N–H and O–H groups in total. The van der Waals surface area contributed by atoms with E-state index in [1.165, 1.54) is 36.8 Å². The summed E-state index contributed by atoms with van der Waals surface area (Å²) < 4.78 is 0. The van der Waals surface area contributed by atoms with Gasteiger partial charge in [-0.3, -0.25) is 4.90 Å². The fourth-order valence-corrected chi connectivity index (χ4v) is 3.83. The zero-order valence-electron chi connectivity index (χ0n) is 11.4. The van der Waals surface area contributed by atoms with Gasteiger partial charge in [-0.2, -0.15) is 0 Å². The fraction of sp³-hybridized carbons (Fsp3) is 0.529. The molecule has 0 radical (unpaired) electrons. The summed E-state index contributed by atoms with van der Waals surface area (Å²) in [5.74, 6) is 0. The highest BCUT2D eigenvalue weighted by molar-refractivity contribution is 5.24. The van der Waals surface area contributed by atoms with Crippen molar-refractivity contribution in [3.8, 4) is 0 Å². The molecule has 18 heavy (non-hydrogen) atoms. The first-order chi connectivity index (χ1) is 8.70.